The molecule has 0 radical (unpaired) electrons. The van der Waals surface area contributed by atoms with Crippen LogP contribution in [0.2, 0.25) is 0 Å². The van der Waals surface area contributed by atoms with Crippen molar-refractivity contribution in [2.45, 2.75) is 25.8 Å². The van der Waals surface area contributed by atoms with Crippen LogP contribution in [-0.2, 0) is 14.3 Å². The number of aliphatic hydroxyl groups is 2. The number of Topliss-reactive ketones (excluding diaryl/α,β-unsaturated/α-hetero) is 1. The van der Waals surface area contributed by atoms with Gasteiger partial charge in [0.25, 0.3) is 0 Å². The topological polar surface area (TPSA) is 83.8 Å². The van der Waals surface area contributed by atoms with Crippen molar-refractivity contribution >= 4 is 11.8 Å². The lowest BCUT2D eigenvalue weighted by atomic mass is 10.2. The van der Waals surface area contributed by atoms with E-state index >= 15 is 0 Å². The second-order valence-electron chi connectivity index (χ2n) is 2.24. The van der Waals surface area contributed by atoms with Gasteiger partial charge in [-0.1, -0.05) is 0 Å². The molecule has 1 atom stereocenters. The van der Waals surface area contributed by atoms with Crippen LogP contribution in [0.1, 0.15) is 26.6 Å². The van der Waals surface area contributed by atoms with Crippen molar-refractivity contribution in [3.05, 3.63) is 0 Å². The SMILES string of the molecule is [2H]C([2H])(O)C([2H])(O)C([2H])([2H])OC(=O)CCC(C)=O. The Morgan fingerprint density at radius 2 is 2.23 bits per heavy atom. The van der Waals surface area contributed by atoms with Gasteiger partial charge in [-0.3, -0.25) is 4.79 Å². The second kappa shape index (κ2) is 6.56. The molecule has 0 aliphatic rings. The Kier molecular flexibility index (Phi) is 2.89. The summed E-state index contributed by atoms with van der Waals surface area (Å²) in [4.78, 5) is 21.7. The molecule has 5 heteroatoms. The number of ketones is 1. The smallest absolute Gasteiger partial charge is 0.306 e. The summed E-state index contributed by atoms with van der Waals surface area (Å²) < 4.78 is 38.7. The van der Waals surface area contributed by atoms with E-state index in [1.165, 1.54) is 6.92 Å². The summed E-state index contributed by atoms with van der Waals surface area (Å²) in [6, 6.07) is 0. The summed E-state index contributed by atoms with van der Waals surface area (Å²) in [5.41, 5.74) is 0. The molecule has 13 heavy (non-hydrogen) atoms. The number of hydrogen-bond donors (Lipinski definition) is 2. The van der Waals surface area contributed by atoms with E-state index < -0.39 is 31.6 Å². The van der Waals surface area contributed by atoms with Gasteiger partial charge in [0, 0.05) is 6.42 Å². The molecule has 0 spiro atoms. The molecule has 0 aromatic rings. The molecule has 0 bridgehead atoms. The fraction of sp³-hybridized carbons (Fsp3) is 0.750. The first-order valence-electron chi connectivity index (χ1n) is 5.97. The molecule has 0 fully saturated rings. The fourth-order valence-corrected chi connectivity index (χ4v) is 0.457. The Hall–Kier alpha value is -0.940. The van der Waals surface area contributed by atoms with E-state index in [1.807, 2.05) is 0 Å². The third-order valence-electron chi connectivity index (χ3n) is 1.05. The zero-order valence-electron chi connectivity index (χ0n) is 12.0. The van der Waals surface area contributed by atoms with Crippen LogP contribution in [0.15, 0.2) is 0 Å². The molecule has 76 valence electrons. The largest absolute Gasteiger partial charge is 0.463 e. The molecule has 0 amide bonds. The summed E-state index contributed by atoms with van der Waals surface area (Å²) in [5, 5.41) is 18.1. The monoisotopic (exact) mass is 195 g/mol. The van der Waals surface area contributed by atoms with Crippen molar-refractivity contribution in [1.82, 2.24) is 0 Å². The highest BCUT2D eigenvalue weighted by Crippen LogP contribution is 1.95. The van der Waals surface area contributed by atoms with Crippen molar-refractivity contribution in [1.29, 1.82) is 0 Å². The van der Waals surface area contributed by atoms with Gasteiger partial charge < -0.3 is 19.7 Å². The van der Waals surface area contributed by atoms with Crippen LogP contribution in [0.4, 0.5) is 0 Å². The van der Waals surface area contributed by atoms with Crippen LogP contribution < -0.4 is 0 Å². The minimum atomic E-state index is -3.70. The molecular formula is C8H14O5. The summed E-state index contributed by atoms with van der Waals surface area (Å²) in [6.07, 6.45) is -4.39. The number of esters is 1. The lowest BCUT2D eigenvalue weighted by molar-refractivity contribution is -0.148. The maximum absolute atomic E-state index is 11.1. The highest BCUT2D eigenvalue weighted by atomic mass is 16.5. The first-order chi connectivity index (χ1) is 7.81. The lowest BCUT2D eigenvalue weighted by Gasteiger charge is -2.07. The molecular weight excluding hydrogens is 176 g/mol. The average Bonchev–Trinajstić information content (AvgIpc) is 2.11. The normalized spacial score (nSPS) is 22.5. The number of rotatable bonds is 6. The van der Waals surface area contributed by atoms with Gasteiger partial charge in [-0.15, -0.1) is 0 Å². The highest BCUT2D eigenvalue weighted by Gasteiger charge is 2.08. The number of carbonyl (C=O) groups is 2. The van der Waals surface area contributed by atoms with Gasteiger partial charge in [0.05, 0.1) is 19.8 Å². The molecule has 0 heterocycles. The highest BCUT2D eigenvalue weighted by molar-refractivity contribution is 5.80. The van der Waals surface area contributed by atoms with Crippen LogP contribution in [0.25, 0.3) is 0 Å². The molecule has 0 saturated carbocycles. The molecule has 0 aromatic heterocycles. The predicted octanol–water partition coefficient (Wildman–Crippen LogP) is -0.748. The van der Waals surface area contributed by atoms with Gasteiger partial charge in [-0.2, -0.15) is 0 Å². The van der Waals surface area contributed by atoms with Gasteiger partial charge in [-0.25, -0.2) is 0 Å². The Balaban J connectivity index is 4.75. The van der Waals surface area contributed by atoms with E-state index in [1.54, 1.807) is 0 Å². The Labute approximate surface area is 83.3 Å². The number of ether oxygens (including phenoxy) is 1. The van der Waals surface area contributed by atoms with Gasteiger partial charge in [0.1, 0.15) is 18.4 Å². The van der Waals surface area contributed by atoms with Crippen LogP contribution in [0, 0.1) is 0 Å². The predicted molar refractivity (Wildman–Crippen MR) is 44.0 cm³/mol. The molecule has 0 aromatic carbocycles. The van der Waals surface area contributed by atoms with Gasteiger partial charge in [0.2, 0.25) is 0 Å². The molecule has 2 N–H and O–H groups in total. The van der Waals surface area contributed by atoms with E-state index in [-0.39, 0.29) is 12.2 Å². The molecule has 5 nitrogen and oxygen atoms in total. The summed E-state index contributed by atoms with van der Waals surface area (Å²) >= 11 is 0. The fourth-order valence-electron chi connectivity index (χ4n) is 0.457. The van der Waals surface area contributed by atoms with E-state index in [4.69, 9.17) is 12.0 Å². The Morgan fingerprint density at radius 3 is 2.69 bits per heavy atom. The molecule has 1 unspecified atom stereocenters. The Bertz CT molecular complexity index is 335. The van der Waals surface area contributed by atoms with Crippen LogP contribution in [0.3, 0.4) is 0 Å². The minimum Gasteiger partial charge on any atom is -0.463 e. The van der Waals surface area contributed by atoms with E-state index in [2.05, 4.69) is 4.74 Å². The van der Waals surface area contributed by atoms with Crippen molar-refractivity contribution in [2.24, 2.45) is 0 Å². The van der Waals surface area contributed by atoms with Crippen LogP contribution in [0.5, 0.6) is 0 Å². The summed E-state index contributed by atoms with van der Waals surface area (Å²) in [7, 11) is 0. The molecule has 0 aliphatic carbocycles. The standard InChI is InChI=1S/C8H14O5/c1-6(10)2-3-8(12)13-5-7(11)4-9/h7,9,11H,2-5H2,1H3/i4D2,5D2,7D. The first kappa shape index (κ1) is 5.72. The van der Waals surface area contributed by atoms with Crippen molar-refractivity contribution in [3.8, 4) is 0 Å². The quantitative estimate of drug-likeness (QED) is 0.545. The zero-order valence-corrected chi connectivity index (χ0v) is 7.03. The van der Waals surface area contributed by atoms with E-state index in [0.717, 1.165) is 0 Å². The lowest BCUT2D eigenvalue weighted by Crippen LogP contribution is -2.22. The van der Waals surface area contributed by atoms with Gasteiger partial charge >= 0.3 is 5.97 Å². The third-order valence-corrected chi connectivity index (χ3v) is 1.05. The third kappa shape index (κ3) is 7.42. The van der Waals surface area contributed by atoms with Crippen molar-refractivity contribution < 1.29 is 31.4 Å². The number of hydrogen-bond acceptors (Lipinski definition) is 5. The first-order valence-corrected chi connectivity index (χ1v) is 3.47. The van der Waals surface area contributed by atoms with Crippen molar-refractivity contribution in [3.63, 3.8) is 0 Å². The Morgan fingerprint density at radius 1 is 1.62 bits per heavy atom. The maximum atomic E-state index is 11.1. The average molecular weight is 195 g/mol. The number of carbonyl (C=O) groups excluding carboxylic acids is 2. The van der Waals surface area contributed by atoms with E-state index in [9.17, 15) is 14.7 Å². The minimum absolute atomic E-state index is 0.211. The van der Waals surface area contributed by atoms with E-state index in [0.29, 0.717) is 0 Å². The molecule has 0 saturated heterocycles. The van der Waals surface area contributed by atoms with Gasteiger partial charge in [0.15, 0.2) is 0 Å². The molecule has 0 aliphatic heterocycles. The maximum Gasteiger partial charge on any atom is 0.306 e. The van der Waals surface area contributed by atoms with Crippen LogP contribution in [-0.4, -0.2) is 41.2 Å². The van der Waals surface area contributed by atoms with Gasteiger partial charge in [-0.05, 0) is 6.92 Å². The van der Waals surface area contributed by atoms with Crippen LogP contribution >= 0.6 is 0 Å². The van der Waals surface area contributed by atoms with Crippen molar-refractivity contribution in [2.75, 3.05) is 13.1 Å². The zero-order chi connectivity index (χ0) is 14.8. The summed E-state index contributed by atoms with van der Waals surface area (Å²) in [5.74, 6) is -1.57. The summed E-state index contributed by atoms with van der Waals surface area (Å²) in [6.45, 7) is -5.91. The molecule has 0 rings (SSSR count). The second-order valence-corrected chi connectivity index (χ2v) is 2.24.